The first-order valence-electron chi connectivity index (χ1n) is 6.10. The Morgan fingerprint density at radius 2 is 1.60 bits per heavy atom. The van der Waals surface area contributed by atoms with Crippen LogP contribution in [0.25, 0.3) is 0 Å². The van der Waals surface area contributed by atoms with Crippen LogP contribution in [0.3, 0.4) is 0 Å². The van der Waals surface area contributed by atoms with E-state index in [1.54, 1.807) is 55.6 Å². The fourth-order valence-electron chi connectivity index (χ4n) is 1.75. The summed E-state index contributed by atoms with van der Waals surface area (Å²) >= 11 is 0. The molecule has 2 aromatic carbocycles. The zero-order valence-corrected chi connectivity index (χ0v) is 11.0. The van der Waals surface area contributed by atoms with Crippen molar-refractivity contribution in [2.45, 2.75) is 0 Å². The Bertz CT molecular complexity index is 636. The van der Waals surface area contributed by atoms with Crippen molar-refractivity contribution < 1.29 is 9.59 Å². The molecule has 0 bridgehead atoms. The van der Waals surface area contributed by atoms with Gasteiger partial charge in [-0.2, -0.15) is 0 Å². The van der Waals surface area contributed by atoms with Crippen LogP contribution >= 0.6 is 0 Å². The Hall–Kier alpha value is -2.82. The molecule has 0 saturated heterocycles. The van der Waals surface area contributed by atoms with E-state index < -0.39 is 0 Å². The molecule has 2 amide bonds. The summed E-state index contributed by atoms with van der Waals surface area (Å²) in [4.78, 5) is 23.8. The molecule has 2 rings (SSSR count). The van der Waals surface area contributed by atoms with Crippen molar-refractivity contribution in [1.29, 1.82) is 0 Å². The maximum Gasteiger partial charge on any atom is 0.255 e. The number of carbonyl (C=O) groups excluding carboxylic acids is 2. The van der Waals surface area contributed by atoms with Crippen LogP contribution in [-0.4, -0.2) is 18.9 Å². The summed E-state index contributed by atoms with van der Waals surface area (Å²) in [5.41, 5.74) is 7.53. The lowest BCUT2D eigenvalue weighted by Crippen LogP contribution is -2.21. The number of nitrogen functional groups attached to an aromatic ring is 1. The number of benzene rings is 2. The molecule has 5 nitrogen and oxygen atoms in total. The van der Waals surface area contributed by atoms with Crippen LogP contribution in [0.1, 0.15) is 20.7 Å². The number of hydrogen-bond acceptors (Lipinski definition) is 3. The number of carbonyl (C=O) groups is 2. The quantitative estimate of drug-likeness (QED) is 0.744. The number of rotatable bonds is 3. The molecular weight excluding hydrogens is 254 g/mol. The molecule has 0 fully saturated rings. The number of nitrogens with one attached hydrogen (secondary N) is 2. The van der Waals surface area contributed by atoms with Crippen LogP contribution in [0.2, 0.25) is 0 Å². The van der Waals surface area contributed by atoms with E-state index in [-0.39, 0.29) is 11.8 Å². The van der Waals surface area contributed by atoms with E-state index in [4.69, 9.17) is 5.73 Å². The van der Waals surface area contributed by atoms with Gasteiger partial charge in [-0.1, -0.05) is 12.1 Å². The van der Waals surface area contributed by atoms with Crippen molar-refractivity contribution in [2.24, 2.45) is 0 Å². The third kappa shape index (κ3) is 2.95. The number of nitrogens with two attached hydrogens (primary N) is 1. The fraction of sp³-hybridized carbons (Fsp3) is 0.0667. The van der Waals surface area contributed by atoms with Crippen molar-refractivity contribution in [3.8, 4) is 0 Å². The minimum Gasteiger partial charge on any atom is -0.399 e. The largest absolute Gasteiger partial charge is 0.399 e. The maximum absolute atomic E-state index is 12.1. The van der Waals surface area contributed by atoms with Gasteiger partial charge in [-0.05, 0) is 36.4 Å². The van der Waals surface area contributed by atoms with Crippen molar-refractivity contribution in [3.63, 3.8) is 0 Å². The zero-order chi connectivity index (χ0) is 14.5. The summed E-state index contributed by atoms with van der Waals surface area (Å²) in [6, 6.07) is 13.4. The van der Waals surface area contributed by atoms with E-state index in [1.165, 1.54) is 0 Å². The van der Waals surface area contributed by atoms with Crippen LogP contribution < -0.4 is 16.4 Å². The Morgan fingerprint density at radius 3 is 2.25 bits per heavy atom. The standard InChI is InChI=1S/C15H15N3O2/c1-17-15(20)12-4-2-3-5-13(12)18-14(19)10-6-8-11(16)9-7-10/h2-9H,16H2,1H3,(H,17,20)(H,18,19). The first-order valence-corrected chi connectivity index (χ1v) is 6.10. The van der Waals surface area contributed by atoms with Crippen LogP contribution in [0.15, 0.2) is 48.5 Å². The minimum atomic E-state index is -0.290. The Balaban J connectivity index is 2.24. The highest BCUT2D eigenvalue weighted by Crippen LogP contribution is 2.16. The minimum absolute atomic E-state index is 0.252. The second-order valence-electron chi connectivity index (χ2n) is 4.20. The van der Waals surface area contributed by atoms with Gasteiger partial charge in [0.2, 0.25) is 0 Å². The maximum atomic E-state index is 12.1. The summed E-state index contributed by atoms with van der Waals surface area (Å²) in [6.07, 6.45) is 0. The van der Waals surface area contributed by atoms with Crippen LogP contribution in [-0.2, 0) is 0 Å². The summed E-state index contributed by atoms with van der Waals surface area (Å²) in [7, 11) is 1.54. The van der Waals surface area contributed by atoms with Gasteiger partial charge in [0, 0.05) is 18.3 Å². The van der Waals surface area contributed by atoms with E-state index in [9.17, 15) is 9.59 Å². The van der Waals surface area contributed by atoms with Crippen LogP contribution in [0, 0.1) is 0 Å². The highest BCUT2D eigenvalue weighted by molar-refractivity contribution is 6.09. The van der Waals surface area contributed by atoms with Crippen molar-refractivity contribution in [2.75, 3.05) is 18.1 Å². The first-order chi connectivity index (χ1) is 9.61. The molecular formula is C15H15N3O2. The zero-order valence-electron chi connectivity index (χ0n) is 11.0. The van der Waals surface area contributed by atoms with E-state index in [2.05, 4.69) is 10.6 Å². The SMILES string of the molecule is CNC(=O)c1ccccc1NC(=O)c1ccc(N)cc1. The molecule has 0 unspecified atom stereocenters. The van der Waals surface area contributed by atoms with Gasteiger partial charge in [0.15, 0.2) is 0 Å². The van der Waals surface area contributed by atoms with Crippen LogP contribution in [0.5, 0.6) is 0 Å². The van der Waals surface area contributed by atoms with Gasteiger partial charge in [-0.15, -0.1) is 0 Å². The molecule has 0 saturated carbocycles. The molecule has 5 heteroatoms. The summed E-state index contributed by atoms with van der Waals surface area (Å²) in [6.45, 7) is 0. The monoisotopic (exact) mass is 269 g/mol. The van der Waals surface area contributed by atoms with Crippen molar-refractivity contribution >= 4 is 23.2 Å². The lowest BCUT2D eigenvalue weighted by Gasteiger charge is -2.10. The summed E-state index contributed by atoms with van der Waals surface area (Å²) in [5, 5.41) is 5.26. The van der Waals surface area contributed by atoms with Gasteiger partial charge >= 0.3 is 0 Å². The Kier molecular flexibility index (Phi) is 4.00. The fourth-order valence-corrected chi connectivity index (χ4v) is 1.75. The average Bonchev–Trinajstić information content (AvgIpc) is 2.47. The first kappa shape index (κ1) is 13.6. The van der Waals surface area contributed by atoms with Gasteiger partial charge in [-0.3, -0.25) is 9.59 Å². The Morgan fingerprint density at radius 1 is 0.950 bits per heavy atom. The topological polar surface area (TPSA) is 84.2 Å². The number of anilines is 2. The van der Waals surface area contributed by atoms with Gasteiger partial charge in [-0.25, -0.2) is 0 Å². The highest BCUT2D eigenvalue weighted by atomic mass is 16.2. The number of hydrogen-bond donors (Lipinski definition) is 3. The molecule has 0 aliphatic rings. The molecule has 0 spiro atoms. The third-order valence-corrected chi connectivity index (χ3v) is 2.82. The molecule has 4 N–H and O–H groups in total. The van der Waals surface area contributed by atoms with Crippen molar-refractivity contribution in [1.82, 2.24) is 5.32 Å². The molecule has 0 radical (unpaired) electrons. The molecule has 0 aliphatic carbocycles. The molecule has 0 atom stereocenters. The lowest BCUT2D eigenvalue weighted by atomic mass is 10.1. The molecule has 2 aromatic rings. The predicted molar refractivity (Wildman–Crippen MR) is 78.6 cm³/mol. The summed E-state index contributed by atoms with van der Waals surface area (Å²) < 4.78 is 0. The van der Waals surface area contributed by atoms with E-state index in [0.717, 1.165) is 0 Å². The van der Waals surface area contributed by atoms with Gasteiger partial charge in [0.1, 0.15) is 0 Å². The second-order valence-corrected chi connectivity index (χ2v) is 4.20. The molecule has 0 aliphatic heterocycles. The smallest absolute Gasteiger partial charge is 0.255 e. The summed E-state index contributed by atoms with van der Waals surface area (Å²) in [5.74, 6) is -0.542. The molecule has 20 heavy (non-hydrogen) atoms. The van der Waals surface area contributed by atoms with E-state index in [0.29, 0.717) is 22.5 Å². The second kappa shape index (κ2) is 5.88. The third-order valence-electron chi connectivity index (χ3n) is 2.82. The average molecular weight is 269 g/mol. The van der Waals surface area contributed by atoms with E-state index in [1.807, 2.05) is 0 Å². The number of amides is 2. The molecule has 0 aromatic heterocycles. The van der Waals surface area contributed by atoms with E-state index >= 15 is 0 Å². The van der Waals surface area contributed by atoms with Gasteiger partial charge in [0.05, 0.1) is 11.3 Å². The van der Waals surface area contributed by atoms with Crippen LogP contribution in [0.4, 0.5) is 11.4 Å². The van der Waals surface area contributed by atoms with Gasteiger partial charge in [0.25, 0.3) is 11.8 Å². The van der Waals surface area contributed by atoms with Gasteiger partial charge < -0.3 is 16.4 Å². The predicted octanol–water partition coefficient (Wildman–Crippen LogP) is 1.88. The number of para-hydroxylation sites is 1. The Labute approximate surface area is 116 Å². The lowest BCUT2D eigenvalue weighted by molar-refractivity contribution is 0.0964. The van der Waals surface area contributed by atoms with Crippen molar-refractivity contribution in [3.05, 3.63) is 59.7 Å². The normalized spacial score (nSPS) is 9.85. The molecule has 0 heterocycles. The molecule has 102 valence electrons. The highest BCUT2D eigenvalue weighted by Gasteiger charge is 2.12.